The van der Waals surface area contributed by atoms with Crippen molar-refractivity contribution in [3.63, 3.8) is 0 Å². The highest BCUT2D eigenvalue weighted by Gasteiger charge is 2.45. The van der Waals surface area contributed by atoms with Crippen LogP contribution in [0, 0.1) is 5.41 Å². The van der Waals surface area contributed by atoms with Crippen molar-refractivity contribution in [1.82, 2.24) is 5.01 Å². The predicted molar refractivity (Wildman–Crippen MR) is 81.1 cm³/mol. The summed E-state index contributed by atoms with van der Waals surface area (Å²) in [6.45, 7) is 5.48. The first kappa shape index (κ1) is 13.4. The fourth-order valence-corrected chi connectivity index (χ4v) is 3.60. The minimum atomic E-state index is 0.259. The van der Waals surface area contributed by atoms with Crippen LogP contribution < -0.4 is 5.01 Å². The number of rotatable bonds is 3. The average molecular weight is 272 g/mol. The number of hydrogen-bond acceptors (Lipinski definition) is 4. The molecule has 1 unspecified atom stereocenters. The third-order valence-electron chi connectivity index (χ3n) is 4.73. The van der Waals surface area contributed by atoms with Crippen molar-refractivity contribution in [2.45, 2.75) is 52.1 Å². The van der Waals surface area contributed by atoms with Gasteiger partial charge in [-0.2, -0.15) is 0 Å². The number of nitrogens with zero attached hydrogens (tertiary/aromatic N) is 4. The lowest BCUT2D eigenvalue weighted by atomic mass is 9.73. The minimum Gasteiger partial charge on any atom is -0.252 e. The van der Waals surface area contributed by atoms with E-state index >= 15 is 0 Å². The van der Waals surface area contributed by atoms with Crippen LogP contribution in [-0.2, 0) is 0 Å². The zero-order valence-corrected chi connectivity index (χ0v) is 12.5. The first-order chi connectivity index (χ1) is 9.74. The van der Waals surface area contributed by atoms with Crippen LogP contribution >= 0.6 is 0 Å². The van der Waals surface area contributed by atoms with Crippen LogP contribution in [0.5, 0.6) is 0 Å². The van der Waals surface area contributed by atoms with Gasteiger partial charge in [0.15, 0.2) is 0 Å². The second kappa shape index (κ2) is 5.43. The van der Waals surface area contributed by atoms with Gasteiger partial charge >= 0.3 is 0 Å². The van der Waals surface area contributed by atoms with E-state index in [1.54, 1.807) is 0 Å². The fourth-order valence-electron chi connectivity index (χ4n) is 3.60. The van der Waals surface area contributed by atoms with Gasteiger partial charge in [-0.3, -0.25) is 5.01 Å². The van der Waals surface area contributed by atoms with Gasteiger partial charge in [0.1, 0.15) is 6.17 Å². The lowest BCUT2D eigenvalue weighted by Gasteiger charge is -2.44. The molecule has 1 fully saturated rings. The Morgan fingerprint density at radius 3 is 2.45 bits per heavy atom. The maximum absolute atomic E-state index is 4.44. The Kier molecular flexibility index (Phi) is 3.64. The quantitative estimate of drug-likeness (QED) is 0.816. The zero-order valence-electron chi connectivity index (χ0n) is 12.5. The van der Waals surface area contributed by atoms with Crippen molar-refractivity contribution in [3.05, 3.63) is 30.3 Å². The van der Waals surface area contributed by atoms with Gasteiger partial charge in [0.25, 0.3) is 0 Å². The van der Waals surface area contributed by atoms with Crippen molar-refractivity contribution in [2.75, 3.05) is 11.6 Å². The van der Waals surface area contributed by atoms with Gasteiger partial charge in [-0.25, -0.2) is 5.01 Å². The molecular formula is C16H24N4. The zero-order chi connectivity index (χ0) is 14.0. The van der Waals surface area contributed by atoms with Crippen LogP contribution in [0.25, 0.3) is 0 Å². The molecular weight excluding hydrogens is 248 g/mol. The maximum Gasteiger partial charge on any atom is 0.148 e. The number of benzene rings is 1. The molecule has 0 aromatic heterocycles. The van der Waals surface area contributed by atoms with Crippen LogP contribution in [0.3, 0.4) is 0 Å². The Morgan fingerprint density at radius 2 is 1.80 bits per heavy atom. The SMILES string of the molecule is CCN1N=NN(c2ccccc2)C1C1(C)CCCCC1. The highest BCUT2D eigenvalue weighted by molar-refractivity contribution is 5.46. The summed E-state index contributed by atoms with van der Waals surface area (Å²) < 4.78 is 0. The monoisotopic (exact) mass is 272 g/mol. The minimum absolute atomic E-state index is 0.259. The molecule has 0 saturated heterocycles. The molecule has 4 nitrogen and oxygen atoms in total. The molecule has 3 rings (SSSR count). The van der Waals surface area contributed by atoms with Gasteiger partial charge in [0.2, 0.25) is 0 Å². The summed E-state index contributed by atoms with van der Waals surface area (Å²) in [5.41, 5.74) is 1.41. The van der Waals surface area contributed by atoms with E-state index in [2.05, 4.69) is 58.6 Å². The van der Waals surface area contributed by atoms with Gasteiger partial charge in [-0.05, 0) is 37.1 Å². The second-order valence-corrected chi connectivity index (χ2v) is 6.20. The summed E-state index contributed by atoms with van der Waals surface area (Å²) >= 11 is 0. The van der Waals surface area contributed by atoms with Crippen LogP contribution in [0.2, 0.25) is 0 Å². The molecule has 1 aromatic rings. The Hall–Kier alpha value is -1.58. The number of para-hydroxylation sites is 1. The first-order valence-corrected chi connectivity index (χ1v) is 7.77. The standard InChI is InChI=1S/C16H24N4/c1-3-19-15(16(2)12-8-5-9-13-16)20(18-17-19)14-10-6-4-7-11-14/h4,6-7,10-11,15H,3,5,8-9,12-13H2,1-2H3. The summed E-state index contributed by atoms with van der Waals surface area (Å²) in [5.74, 6) is 0. The Bertz CT molecular complexity index is 465. The van der Waals surface area contributed by atoms with E-state index in [1.807, 2.05) is 6.07 Å². The molecule has 4 heteroatoms. The average Bonchev–Trinajstić information content (AvgIpc) is 2.94. The molecule has 20 heavy (non-hydrogen) atoms. The molecule has 1 aromatic carbocycles. The van der Waals surface area contributed by atoms with Crippen molar-refractivity contribution < 1.29 is 0 Å². The lowest BCUT2D eigenvalue weighted by molar-refractivity contribution is 0.0659. The summed E-state index contributed by atoms with van der Waals surface area (Å²) in [6, 6.07) is 10.4. The smallest absolute Gasteiger partial charge is 0.148 e. The molecule has 0 radical (unpaired) electrons. The summed E-state index contributed by atoms with van der Waals surface area (Å²) in [6.07, 6.45) is 6.81. The molecule has 1 aliphatic heterocycles. The first-order valence-electron chi connectivity index (χ1n) is 7.77. The lowest BCUT2D eigenvalue weighted by Crippen LogP contribution is -2.51. The number of hydrogen-bond donors (Lipinski definition) is 0. The molecule has 0 amide bonds. The van der Waals surface area contributed by atoms with Crippen LogP contribution in [0.1, 0.15) is 46.0 Å². The van der Waals surface area contributed by atoms with E-state index in [-0.39, 0.29) is 11.6 Å². The highest BCUT2D eigenvalue weighted by Crippen LogP contribution is 2.45. The van der Waals surface area contributed by atoms with E-state index in [1.165, 1.54) is 32.1 Å². The van der Waals surface area contributed by atoms with Gasteiger partial charge in [-0.15, -0.1) is 0 Å². The summed E-state index contributed by atoms with van der Waals surface area (Å²) in [4.78, 5) is 0. The van der Waals surface area contributed by atoms with Gasteiger partial charge in [0, 0.05) is 12.0 Å². The molecule has 1 saturated carbocycles. The van der Waals surface area contributed by atoms with E-state index in [9.17, 15) is 0 Å². The molecule has 0 spiro atoms. The molecule has 1 atom stereocenters. The summed E-state index contributed by atoms with van der Waals surface area (Å²) in [5, 5.41) is 13.1. The molecule has 1 aliphatic carbocycles. The number of anilines is 1. The fraction of sp³-hybridized carbons (Fsp3) is 0.625. The molecule has 2 aliphatic rings. The van der Waals surface area contributed by atoms with Crippen LogP contribution in [-0.4, -0.2) is 17.7 Å². The van der Waals surface area contributed by atoms with Crippen molar-refractivity contribution in [1.29, 1.82) is 0 Å². The van der Waals surface area contributed by atoms with Gasteiger partial charge < -0.3 is 0 Å². The highest BCUT2D eigenvalue weighted by atomic mass is 15.8. The Morgan fingerprint density at radius 1 is 1.10 bits per heavy atom. The van der Waals surface area contributed by atoms with E-state index in [0.29, 0.717) is 0 Å². The Balaban J connectivity index is 1.91. The molecule has 0 N–H and O–H groups in total. The topological polar surface area (TPSA) is 31.2 Å². The third-order valence-corrected chi connectivity index (χ3v) is 4.73. The van der Waals surface area contributed by atoms with Crippen molar-refractivity contribution >= 4 is 5.69 Å². The van der Waals surface area contributed by atoms with E-state index < -0.39 is 0 Å². The normalized spacial score (nSPS) is 25.2. The molecule has 1 heterocycles. The maximum atomic E-state index is 4.44. The largest absolute Gasteiger partial charge is 0.252 e. The van der Waals surface area contributed by atoms with Crippen LogP contribution in [0.15, 0.2) is 40.8 Å². The van der Waals surface area contributed by atoms with Crippen LogP contribution in [0.4, 0.5) is 5.69 Å². The second-order valence-electron chi connectivity index (χ2n) is 6.20. The van der Waals surface area contributed by atoms with Gasteiger partial charge in [0.05, 0.1) is 5.69 Å². The third kappa shape index (κ3) is 2.28. The molecule has 0 bridgehead atoms. The van der Waals surface area contributed by atoms with E-state index in [0.717, 1.165) is 12.2 Å². The Labute approximate surface area is 121 Å². The van der Waals surface area contributed by atoms with Gasteiger partial charge in [-0.1, -0.05) is 49.6 Å². The predicted octanol–water partition coefficient (Wildman–Crippen LogP) is 4.41. The van der Waals surface area contributed by atoms with E-state index in [4.69, 9.17) is 0 Å². The van der Waals surface area contributed by atoms with Crippen molar-refractivity contribution in [2.24, 2.45) is 15.9 Å². The summed E-state index contributed by atoms with van der Waals surface area (Å²) in [7, 11) is 0. The molecule has 108 valence electrons. The van der Waals surface area contributed by atoms with Crippen molar-refractivity contribution in [3.8, 4) is 0 Å².